The monoisotopic (exact) mass is 233 g/mol. The van der Waals surface area contributed by atoms with Crippen molar-refractivity contribution in [3.63, 3.8) is 0 Å². The van der Waals surface area contributed by atoms with E-state index in [0.717, 1.165) is 6.21 Å². The highest BCUT2D eigenvalue weighted by molar-refractivity contribution is 5.79. The van der Waals surface area contributed by atoms with Crippen LogP contribution in [0, 0.1) is 17.5 Å². The molecule has 1 rings (SSSR count). The molecule has 4 nitrogen and oxygen atoms in total. The fourth-order valence-corrected chi connectivity index (χ4v) is 0.840. The highest BCUT2D eigenvalue weighted by Crippen LogP contribution is 2.12. The lowest BCUT2D eigenvalue weighted by Crippen LogP contribution is -2.03. The molecule has 1 aromatic rings. The van der Waals surface area contributed by atoms with Gasteiger partial charge in [-0.1, -0.05) is 5.16 Å². The van der Waals surface area contributed by atoms with Gasteiger partial charge < -0.3 is 9.94 Å². The number of benzene rings is 1. The van der Waals surface area contributed by atoms with Crippen LogP contribution in [0.1, 0.15) is 5.56 Å². The van der Waals surface area contributed by atoms with E-state index >= 15 is 0 Å². The first-order valence-corrected chi connectivity index (χ1v) is 4.02. The lowest BCUT2D eigenvalue weighted by Gasteiger charge is -1.97. The van der Waals surface area contributed by atoms with E-state index in [9.17, 15) is 18.0 Å². The minimum atomic E-state index is -1.58. The van der Waals surface area contributed by atoms with Gasteiger partial charge in [-0.2, -0.15) is 0 Å². The van der Waals surface area contributed by atoms with Crippen LogP contribution in [-0.2, 0) is 9.63 Å². The zero-order chi connectivity index (χ0) is 12.1. The van der Waals surface area contributed by atoms with Gasteiger partial charge in [0.25, 0.3) is 0 Å². The second-order valence-electron chi connectivity index (χ2n) is 2.70. The summed E-state index contributed by atoms with van der Waals surface area (Å²) in [7, 11) is 0. The third-order valence-corrected chi connectivity index (χ3v) is 1.47. The molecule has 0 fully saturated rings. The van der Waals surface area contributed by atoms with Crippen molar-refractivity contribution in [2.45, 2.75) is 0 Å². The van der Waals surface area contributed by atoms with Crippen molar-refractivity contribution in [2.24, 2.45) is 5.16 Å². The number of rotatable bonds is 4. The molecule has 86 valence electrons. The standard InChI is InChI=1S/C9H6F3NO3/c10-6-1-5(2-7(11)9(6)12)3-13-16-4-8(14)15/h1-3H,4H2,(H,14,15). The predicted octanol–water partition coefficient (Wildman–Crippen LogP) is 1.54. The number of hydrogen-bond donors (Lipinski definition) is 1. The van der Waals surface area contributed by atoms with Crippen LogP contribution in [0.4, 0.5) is 13.2 Å². The highest BCUT2D eigenvalue weighted by Gasteiger charge is 2.09. The Morgan fingerprint density at radius 1 is 1.38 bits per heavy atom. The first kappa shape index (κ1) is 12.0. The van der Waals surface area contributed by atoms with Gasteiger partial charge in [0.15, 0.2) is 17.5 Å². The quantitative estimate of drug-likeness (QED) is 0.487. The average Bonchev–Trinajstić information content (AvgIpc) is 2.20. The van der Waals surface area contributed by atoms with Gasteiger partial charge in [-0.25, -0.2) is 18.0 Å². The molecule has 1 aromatic carbocycles. The molecule has 0 atom stereocenters. The number of carboxylic acid groups (broad SMARTS) is 1. The van der Waals surface area contributed by atoms with E-state index in [1.54, 1.807) is 0 Å². The number of carboxylic acids is 1. The van der Waals surface area contributed by atoms with Crippen molar-refractivity contribution in [3.8, 4) is 0 Å². The van der Waals surface area contributed by atoms with Crippen molar-refractivity contribution in [2.75, 3.05) is 6.61 Å². The maximum Gasteiger partial charge on any atom is 0.344 e. The summed E-state index contributed by atoms with van der Waals surface area (Å²) in [5, 5.41) is 11.3. The molecule has 0 saturated heterocycles. The van der Waals surface area contributed by atoms with Gasteiger partial charge in [0, 0.05) is 5.56 Å². The average molecular weight is 233 g/mol. The van der Waals surface area contributed by atoms with Crippen molar-refractivity contribution in [1.82, 2.24) is 0 Å². The van der Waals surface area contributed by atoms with Crippen LogP contribution in [0.25, 0.3) is 0 Å². The fourth-order valence-electron chi connectivity index (χ4n) is 0.840. The van der Waals surface area contributed by atoms with E-state index in [4.69, 9.17) is 5.11 Å². The fraction of sp³-hybridized carbons (Fsp3) is 0.111. The van der Waals surface area contributed by atoms with Gasteiger partial charge in [0.1, 0.15) is 0 Å². The summed E-state index contributed by atoms with van der Waals surface area (Å²) in [6.07, 6.45) is 0.870. The SMILES string of the molecule is O=C(O)CON=Cc1cc(F)c(F)c(F)c1. The van der Waals surface area contributed by atoms with Crippen molar-refractivity contribution in [1.29, 1.82) is 0 Å². The molecule has 0 unspecified atom stereocenters. The van der Waals surface area contributed by atoms with Crippen LogP contribution in [0.2, 0.25) is 0 Å². The van der Waals surface area contributed by atoms with E-state index in [0.29, 0.717) is 12.1 Å². The molecular formula is C9H6F3NO3. The number of hydrogen-bond acceptors (Lipinski definition) is 3. The van der Waals surface area contributed by atoms with Gasteiger partial charge in [-0.15, -0.1) is 0 Å². The molecule has 0 aromatic heterocycles. The highest BCUT2D eigenvalue weighted by atomic mass is 19.2. The third-order valence-electron chi connectivity index (χ3n) is 1.47. The van der Waals surface area contributed by atoms with Gasteiger partial charge in [-0.05, 0) is 12.1 Å². The molecule has 0 heterocycles. The zero-order valence-electron chi connectivity index (χ0n) is 7.78. The molecule has 16 heavy (non-hydrogen) atoms. The molecule has 0 radical (unpaired) electrons. The molecule has 0 aliphatic heterocycles. The van der Waals surface area contributed by atoms with E-state index in [1.807, 2.05) is 0 Å². The Labute approximate surface area is 87.9 Å². The summed E-state index contributed by atoms with van der Waals surface area (Å²) in [6, 6.07) is 1.40. The second kappa shape index (κ2) is 5.15. The van der Waals surface area contributed by atoms with Crippen molar-refractivity contribution in [3.05, 3.63) is 35.1 Å². The smallest absolute Gasteiger partial charge is 0.344 e. The summed E-state index contributed by atoms with van der Waals surface area (Å²) in [6.45, 7) is -0.678. The van der Waals surface area contributed by atoms with Gasteiger partial charge in [0.05, 0.1) is 6.21 Å². The van der Waals surface area contributed by atoms with E-state index in [-0.39, 0.29) is 5.56 Å². The van der Waals surface area contributed by atoms with Gasteiger partial charge in [-0.3, -0.25) is 0 Å². The summed E-state index contributed by atoms with van der Waals surface area (Å²) in [4.78, 5) is 14.2. The van der Waals surface area contributed by atoms with Crippen LogP contribution in [-0.4, -0.2) is 23.9 Å². The van der Waals surface area contributed by atoms with Crippen LogP contribution in [0.5, 0.6) is 0 Å². The maximum absolute atomic E-state index is 12.7. The molecule has 0 bridgehead atoms. The van der Waals surface area contributed by atoms with E-state index in [2.05, 4.69) is 9.99 Å². The molecule has 0 spiro atoms. The van der Waals surface area contributed by atoms with E-state index in [1.165, 1.54) is 0 Å². The lowest BCUT2D eigenvalue weighted by atomic mass is 10.2. The minimum absolute atomic E-state index is 0.0817. The number of carbonyl (C=O) groups is 1. The molecule has 0 aliphatic rings. The Morgan fingerprint density at radius 2 is 1.94 bits per heavy atom. The third kappa shape index (κ3) is 3.26. The second-order valence-corrected chi connectivity index (χ2v) is 2.70. The molecule has 0 aliphatic carbocycles. The molecule has 7 heteroatoms. The summed E-state index contributed by atoms with van der Waals surface area (Å²) in [5.74, 6) is -5.54. The zero-order valence-corrected chi connectivity index (χ0v) is 7.78. The normalized spacial score (nSPS) is 10.7. The molecule has 1 N–H and O–H groups in total. The predicted molar refractivity (Wildman–Crippen MR) is 47.5 cm³/mol. The first-order chi connectivity index (χ1) is 7.50. The maximum atomic E-state index is 12.7. The van der Waals surface area contributed by atoms with Gasteiger partial charge >= 0.3 is 5.97 Å². The molecule has 0 amide bonds. The largest absolute Gasteiger partial charge is 0.479 e. The Morgan fingerprint density at radius 3 is 2.44 bits per heavy atom. The van der Waals surface area contributed by atoms with Crippen molar-refractivity contribution >= 4 is 12.2 Å². The molecule has 0 saturated carbocycles. The van der Waals surface area contributed by atoms with Crippen LogP contribution < -0.4 is 0 Å². The Balaban J connectivity index is 2.71. The number of aliphatic carboxylic acids is 1. The number of nitrogens with zero attached hydrogens (tertiary/aromatic N) is 1. The minimum Gasteiger partial charge on any atom is -0.479 e. The van der Waals surface area contributed by atoms with Crippen LogP contribution in [0.3, 0.4) is 0 Å². The van der Waals surface area contributed by atoms with Crippen LogP contribution in [0.15, 0.2) is 17.3 Å². The lowest BCUT2D eigenvalue weighted by molar-refractivity contribution is -0.142. The number of oxime groups is 1. The number of halogens is 3. The topological polar surface area (TPSA) is 58.9 Å². The summed E-state index contributed by atoms with van der Waals surface area (Å²) >= 11 is 0. The summed E-state index contributed by atoms with van der Waals surface area (Å²) in [5.41, 5.74) is -0.0817. The Bertz CT molecular complexity index is 411. The Hall–Kier alpha value is -2.05. The van der Waals surface area contributed by atoms with Crippen LogP contribution >= 0.6 is 0 Å². The summed E-state index contributed by atoms with van der Waals surface area (Å²) < 4.78 is 37.8. The molecular weight excluding hydrogens is 227 g/mol. The van der Waals surface area contributed by atoms with Gasteiger partial charge in [0.2, 0.25) is 6.61 Å². The first-order valence-electron chi connectivity index (χ1n) is 4.02. The van der Waals surface area contributed by atoms with E-state index < -0.39 is 30.0 Å². The Kier molecular flexibility index (Phi) is 3.87. The van der Waals surface area contributed by atoms with Crippen molar-refractivity contribution < 1.29 is 27.9 Å².